The van der Waals surface area contributed by atoms with Gasteiger partial charge < -0.3 is 10.2 Å². The monoisotopic (exact) mass is 282 g/mol. The minimum absolute atomic E-state index is 0.722. The van der Waals surface area contributed by atoms with Gasteiger partial charge in [-0.2, -0.15) is 0 Å². The van der Waals surface area contributed by atoms with E-state index in [0.29, 0.717) is 0 Å². The van der Waals surface area contributed by atoms with Gasteiger partial charge in [0.25, 0.3) is 0 Å². The van der Waals surface area contributed by atoms with Crippen LogP contribution in [0.1, 0.15) is 10.6 Å². The molecular weight excluding hydrogens is 268 g/mol. The van der Waals surface area contributed by atoms with Gasteiger partial charge in [0, 0.05) is 24.7 Å². The highest BCUT2D eigenvalue weighted by Crippen LogP contribution is 2.23. The molecule has 0 spiro atoms. The van der Waals surface area contributed by atoms with E-state index < -0.39 is 0 Å². The predicted octanol–water partition coefficient (Wildman–Crippen LogP) is 2.55. The SMILES string of the molecule is CNCc1cncc(N(C)Cc2ccc(Cl)s2)n1. The first kappa shape index (κ1) is 13.3. The fraction of sp³-hybridized carbons (Fsp3) is 0.333. The zero-order chi connectivity index (χ0) is 13.0. The molecule has 0 saturated heterocycles. The van der Waals surface area contributed by atoms with Crippen LogP contribution in [0.15, 0.2) is 24.5 Å². The average Bonchev–Trinajstić information content (AvgIpc) is 2.75. The molecule has 0 atom stereocenters. The molecule has 0 radical (unpaired) electrons. The highest BCUT2D eigenvalue weighted by molar-refractivity contribution is 7.16. The van der Waals surface area contributed by atoms with Crippen molar-refractivity contribution in [1.29, 1.82) is 0 Å². The minimum Gasteiger partial charge on any atom is -0.353 e. The Balaban J connectivity index is 2.08. The van der Waals surface area contributed by atoms with Crippen molar-refractivity contribution in [3.05, 3.63) is 39.4 Å². The molecule has 0 unspecified atom stereocenters. The predicted molar refractivity (Wildman–Crippen MR) is 76.2 cm³/mol. The quantitative estimate of drug-likeness (QED) is 0.915. The summed E-state index contributed by atoms with van der Waals surface area (Å²) in [5.41, 5.74) is 0.936. The molecule has 2 aromatic rings. The molecule has 0 aromatic carbocycles. The maximum absolute atomic E-state index is 5.92. The fourth-order valence-corrected chi connectivity index (χ4v) is 2.74. The van der Waals surface area contributed by atoms with Crippen LogP contribution >= 0.6 is 22.9 Å². The largest absolute Gasteiger partial charge is 0.353 e. The van der Waals surface area contributed by atoms with Crippen LogP contribution in [-0.2, 0) is 13.1 Å². The molecule has 0 aliphatic carbocycles. The number of thiophene rings is 1. The first-order chi connectivity index (χ1) is 8.69. The van der Waals surface area contributed by atoms with Gasteiger partial charge in [-0.3, -0.25) is 4.98 Å². The maximum Gasteiger partial charge on any atom is 0.147 e. The van der Waals surface area contributed by atoms with Gasteiger partial charge in [0.2, 0.25) is 0 Å². The molecule has 0 aliphatic rings. The van der Waals surface area contributed by atoms with Crippen molar-refractivity contribution in [1.82, 2.24) is 15.3 Å². The van der Waals surface area contributed by atoms with E-state index in [2.05, 4.69) is 20.2 Å². The molecule has 0 bridgehead atoms. The van der Waals surface area contributed by atoms with E-state index >= 15 is 0 Å². The highest BCUT2D eigenvalue weighted by Gasteiger charge is 2.07. The average molecular weight is 283 g/mol. The van der Waals surface area contributed by atoms with E-state index in [9.17, 15) is 0 Å². The van der Waals surface area contributed by atoms with Crippen molar-refractivity contribution in [3.63, 3.8) is 0 Å². The molecule has 1 N–H and O–H groups in total. The van der Waals surface area contributed by atoms with Gasteiger partial charge >= 0.3 is 0 Å². The summed E-state index contributed by atoms with van der Waals surface area (Å²) in [5.74, 6) is 0.868. The van der Waals surface area contributed by atoms with Crippen LogP contribution in [0.3, 0.4) is 0 Å². The van der Waals surface area contributed by atoms with Crippen molar-refractivity contribution >= 4 is 28.8 Å². The number of anilines is 1. The van der Waals surface area contributed by atoms with E-state index in [1.165, 1.54) is 4.88 Å². The Morgan fingerprint density at radius 2 is 2.22 bits per heavy atom. The van der Waals surface area contributed by atoms with E-state index in [0.717, 1.165) is 28.9 Å². The van der Waals surface area contributed by atoms with Gasteiger partial charge in [-0.1, -0.05) is 11.6 Å². The smallest absolute Gasteiger partial charge is 0.147 e. The van der Waals surface area contributed by atoms with Crippen LogP contribution < -0.4 is 10.2 Å². The number of hydrogen-bond acceptors (Lipinski definition) is 5. The Morgan fingerprint density at radius 1 is 1.39 bits per heavy atom. The second-order valence-electron chi connectivity index (χ2n) is 3.96. The number of nitrogens with one attached hydrogen (secondary N) is 1. The second-order valence-corrected chi connectivity index (χ2v) is 5.76. The molecule has 2 rings (SSSR count). The van der Waals surface area contributed by atoms with Crippen LogP contribution in [0.25, 0.3) is 0 Å². The molecular formula is C12H15ClN4S. The molecule has 0 fully saturated rings. The summed E-state index contributed by atoms with van der Waals surface area (Å²) in [5, 5.41) is 3.07. The van der Waals surface area contributed by atoms with E-state index in [4.69, 9.17) is 11.6 Å². The van der Waals surface area contributed by atoms with Gasteiger partial charge in [0.05, 0.1) is 22.8 Å². The van der Waals surface area contributed by atoms with E-state index in [1.54, 1.807) is 23.7 Å². The number of halogens is 1. The van der Waals surface area contributed by atoms with Crippen molar-refractivity contribution < 1.29 is 0 Å². The zero-order valence-electron chi connectivity index (χ0n) is 10.4. The molecule has 6 heteroatoms. The number of nitrogens with zero attached hydrogens (tertiary/aromatic N) is 3. The summed E-state index contributed by atoms with van der Waals surface area (Å²) in [6.07, 6.45) is 3.55. The Kier molecular flexibility index (Phi) is 4.52. The lowest BCUT2D eigenvalue weighted by atomic mass is 10.4. The minimum atomic E-state index is 0.722. The standard InChI is InChI=1S/C12H15ClN4S/c1-14-5-9-6-15-7-12(16-9)17(2)8-10-3-4-11(13)18-10/h3-4,6-7,14H,5,8H2,1-2H3. The summed E-state index contributed by atoms with van der Waals surface area (Å²) in [6.45, 7) is 1.51. The first-order valence-electron chi connectivity index (χ1n) is 5.60. The van der Waals surface area contributed by atoms with Crippen molar-refractivity contribution in [2.24, 2.45) is 0 Å². The van der Waals surface area contributed by atoms with Crippen molar-refractivity contribution in [2.45, 2.75) is 13.1 Å². The maximum atomic E-state index is 5.92. The van der Waals surface area contributed by atoms with Crippen LogP contribution in [0.4, 0.5) is 5.82 Å². The molecule has 0 saturated carbocycles. The van der Waals surface area contributed by atoms with Gasteiger partial charge in [-0.05, 0) is 19.2 Å². The molecule has 2 heterocycles. The summed E-state index contributed by atoms with van der Waals surface area (Å²) >= 11 is 7.51. The van der Waals surface area contributed by atoms with Crippen LogP contribution in [-0.4, -0.2) is 24.1 Å². The van der Waals surface area contributed by atoms with Gasteiger partial charge in [-0.15, -0.1) is 11.3 Å². The molecule has 18 heavy (non-hydrogen) atoms. The summed E-state index contributed by atoms with van der Waals surface area (Å²) in [7, 11) is 3.90. The van der Waals surface area contributed by atoms with Gasteiger partial charge in [0.15, 0.2) is 0 Å². The molecule has 4 nitrogen and oxygen atoms in total. The van der Waals surface area contributed by atoms with E-state index in [1.807, 2.05) is 26.2 Å². The van der Waals surface area contributed by atoms with Crippen LogP contribution in [0, 0.1) is 0 Å². The number of aromatic nitrogens is 2. The van der Waals surface area contributed by atoms with Crippen LogP contribution in [0.2, 0.25) is 4.34 Å². The Bertz CT molecular complexity index is 514. The summed E-state index contributed by atoms with van der Waals surface area (Å²) < 4.78 is 0.813. The van der Waals surface area contributed by atoms with Crippen LogP contribution in [0.5, 0.6) is 0 Å². The highest BCUT2D eigenvalue weighted by atomic mass is 35.5. The van der Waals surface area contributed by atoms with E-state index in [-0.39, 0.29) is 0 Å². The molecule has 2 aromatic heterocycles. The van der Waals surface area contributed by atoms with Gasteiger partial charge in [-0.25, -0.2) is 4.98 Å². The summed E-state index contributed by atoms with van der Waals surface area (Å²) in [4.78, 5) is 12.0. The number of hydrogen-bond donors (Lipinski definition) is 1. The molecule has 0 aliphatic heterocycles. The third kappa shape index (κ3) is 3.41. The third-order valence-corrected chi connectivity index (χ3v) is 3.66. The lowest BCUT2D eigenvalue weighted by molar-refractivity contribution is 0.776. The molecule has 96 valence electrons. The lowest BCUT2D eigenvalue weighted by Crippen LogP contribution is -2.18. The van der Waals surface area contributed by atoms with Crippen molar-refractivity contribution in [3.8, 4) is 0 Å². The Morgan fingerprint density at radius 3 is 2.89 bits per heavy atom. The third-order valence-electron chi connectivity index (χ3n) is 2.44. The molecule has 0 amide bonds. The second kappa shape index (κ2) is 6.13. The first-order valence-corrected chi connectivity index (χ1v) is 6.79. The van der Waals surface area contributed by atoms with Gasteiger partial charge in [0.1, 0.15) is 5.82 Å². The topological polar surface area (TPSA) is 41.1 Å². The Hall–Kier alpha value is -1.17. The zero-order valence-corrected chi connectivity index (χ0v) is 11.9. The number of rotatable bonds is 5. The lowest BCUT2D eigenvalue weighted by Gasteiger charge is -2.17. The fourth-order valence-electron chi connectivity index (χ4n) is 1.60. The van der Waals surface area contributed by atoms with Crippen molar-refractivity contribution in [2.75, 3.05) is 19.0 Å². The summed E-state index contributed by atoms with van der Waals surface area (Å²) in [6, 6.07) is 3.95. The Labute approximate surface area is 116 Å². The normalized spacial score (nSPS) is 10.6.